The molecule has 0 spiro atoms. The number of hydrogen-bond donors (Lipinski definition) is 1. The molecule has 0 heterocycles. The van der Waals surface area contributed by atoms with Gasteiger partial charge in [-0.25, -0.2) is 0 Å². The summed E-state index contributed by atoms with van der Waals surface area (Å²) in [4.78, 5) is 0. The summed E-state index contributed by atoms with van der Waals surface area (Å²) in [5.74, 6) is 0.749. The molecule has 0 aromatic heterocycles. The van der Waals surface area contributed by atoms with Crippen LogP contribution < -0.4 is 0 Å². The summed E-state index contributed by atoms with van der Waals surface area (Å²) in [7, 11) is 0. The van der Waals surface area contributed by atoms with Crippen LogP contribution >= 0.6 is 0 Å². The Balaban J connectivity index is 2.36. The van der Waals surface area contributed by atoms with Crippen LogP contribution in [0.25, 0.3) is 0 Å². The quantitative estimate of drug-likeness (QED) is 0.628. The number of unbranched alkanes of at least 4 members (excludes halogenated alkanes) is 1. The van der Waals surface area contributed by atoms with Gasteiger partial charge in [0.25, 0.3) is 0 Å². The van der Waals surface area contributed by atoms with Crippen molar-refractivity contribution in [2.75, 3.05) is 0 Å². The SMILES string of the molecule is CCCCC(C)CCCC1(C)C=CC(C(O)(F)F)=CC1. The van der Waals surface area contributed by atoms with E-state index in [-0.39, 0.29) is 11.0 Å². The molecule has 1 aliphatic carbocycles. The minimum Gasteiger partial charge on any atom is -0.332 e. The first-order valence-corrected chi connectivity index (χ1v) is 7.77. The molecule has 3 heteroatoms. The predicted molar refractivity (Wildman–Crippen MR) is 79.7 cm³/mol. The number of hydrogen-bond acceptors (Lipinski definition) is 1. The summed E-state index contributed by atoms with van der Waals surface area (Å²) in [5, 5.41) is 8.69. The van der Waals surface area contributed by atoms with Crippen LogP contribution in [0.15, 0.2) is 23.8 Å². The highest BCUT2D eigenvalue weighted by atomic mass is 19.3. The summed E-state index contributed by atoms with van der Waals surface area (Å²) in [5.41, 5.74) is -0.314. The van der Waals surface area contributed by atoms with Crippen LogP contribution in [0, 0.1) is 11.3 Å². The first-order chi connectivity index (χ1) is 9.27. The van der Waals surface area contributed by atoms with Crippen molar-refractivity contribution in [1.29, 1.82) is 0 Å². The number of rotatable bonds is 8. The maximum Gasteiger partial charge on any atom is 0.380 e. The van der Waals surface area contributed by atoms with E-state index in [4.69, 9.17) is 5.11 Å². The van der Waals surface area contributed by atoms with Crippen LogP contribution in [-0.2, 0) is 0 Å². The Hall–Kier alpha value is -0.700. The summed E-state index contributed by atoms with van der Waals surface area (Å²) in [6.45, 7) is 6.60. The van der Waals surface area contributed by atoms with Crippen molar-refractivity contribution in [3.63, 3.8) is 0 Å². The molecule has 0 amide bonds. The highest BCUT2D eigenvalue weighted by Crippen LogP contribution is 2.38. The van der Waals surface area contributed by atoms with Crippen molar-refractivity contribution >= 4 is 0 Å². The van der Waals surface area contributed by atoms with E-state index < -0.39 is 6.11 Å². The maximum absolute atomic E-state index is 12.8. The average molecular weight is 286 g/mol. The number of halogens is 2. The Morgan fingerprint density at radius 3 is 2.50 bits per heavy atom. The molecule has 0 aliphatic heterocycles. The molecule has 2 atom stereocenters. The van der Waals surface area contributed by atoms with Crippen LogP contribution in [0.3, 0.4) is 0 Å². The maximum atomic E-state index is 12.8. The van der Waals surface area contributed by atoms with Gasteiger partial charge in [-0.2, -0.15) is 8.78 Å². The van der Waals surface area contributed by atoms with Crippen molar-refractivity contribution < 1.29 is 13.9 Å². The molecule has 20 heavy (non-hydrogen) atoms. The van der Waals surface area contributed by atoms with Gasteiger partial charge in [-0.3, -0.25) is 0 Å². The van der Waals surface area contributed by atoms with Crippen LogP contribution in [0.5, 0.6) is 0 Å². The zero-order valence-electron chi connectivity index (χ0n) is 13.0. The fourth-order valence-electron chi connectivity index (χ4n) is 2.73. The van der Waals surface area contributed by atoms with E-state index in [9.17, 15) is 8.78 Å². The third-order valence-corrected chi connectivity index (χ3v) is 4.30. The summed E-state index contributed by atoms with van der Waals surface area (Å²) in [6.07, 6.45) is 8.73. The van der Waals surface area contributed by atoms with Gasteiger partial charge in [0.2, 0.25) is 0 Å². The molecule has 0 saturated carbocycles. The Morgan fingerprint density at radius 2 is 2.00 bits per heavy atom. The second-order valence-electron chi connectivity index (χ2n) is 6.53. The lowest BCUT2D eigenvalue weighted by atomic mass is 9.77. The Kier molecular flexibility index (Phi) is 6.38. The molecule has 116 valence electrons. The lowest BCUT2D eigenvalue weighted by molar-refractivity contribution is -0.162. The van der Waals surface area contributed by atoms with Gasteiger partial charge in [0.05, 0.1) is 0 Å². The minimum atomic E-state index is -3.70. The monoisotopic (exact) mass is 286 g/mol. The van der Waals surface area contributed by atoms with E-state index >= 15 is 0 Å². The lowest BCUT2D eigenvalue weighted by Crippen LogP contribution is -2.22. The zero-order chi connectivity index (χ0) is 15.2. The van der Waals surface area contributed by atoms with Crippen LogP contribution in [0.4, 0.5) is 8.78 Å². The molecule has 0 radical (unpaired) electrons. The first-order valence-electron chi connectivity index (χ1n) is 7.77. The normalized spacial score (nSPS) is 24.6. The topological polar surface area (TPSA) is 20.2 Å². The van der Waals surface area contributed by atoms with Gasteiger partial charge in [-0.15, -0.1) is 0 Å². The highest BCUT2D eigenvalue weighted by molar-refractivity contribution is 5.29. The van der Waals surface area contributed by atoms with Gasteiger partial charge in [0.15, 0.2) is 0 Å². The molecule has 0 saturated heterocycles. The van der Waals surface area contributed by atoms with E-state index in [1.807, 2.05) is 6.08 Å². The van der Waals surface area contributed by atoms with Gasteiger partial charge in [-0.1, -0.05) is 71.1 Å². The number of aliphatic hydroxyl groups is 1. The average Bonchev–Trinajstić information content (AvgIpc) is 2.35. The van der Waals surface area contributed by atoms with Crippen LogP contribution in [0.2, 0.25) is 0 Å². The van der Waals surface area contributed by atoms with Gasteiger partial charge in [0.1, 0.15) is 0 Å². The Bertz CT molecular complexity index is 354. The Morgan fingerprint density at radius 1 is 1.35 bits per heavy atom. The van der Waals surface area contributed by atoms with E-state index in [1.165, 1.54) is 37.8 Å². The molecule has 0 bridgehead atoms. The molecule has 1 nitrogen and oxygen atoms in total. The van der Waals surface area contributed by atoms with Crippen molar-refractivity contribution in [3.05, 3.63) is 23.8 Å². The van der Waals surface area contributed by atoms with Gasteiger partial charge < -0.3 is 5.11 Å². The third kappa shape index (κ3) is 5.74. The molecule has 0 aromatic rings. The molecule has 0 aromatic carbocycles. The van der Waals surface area contributed by atoms with E-state index in [1.54, 1.807) is 0 Å². The van der Waals surface area contributed by atoms with Crippen molar-refractivity contribution in [2.45, 2.75) is 71.8 Å². The zero-order valence-corrected chi connectivity index (χ0v) is 13.0. The summed E-state index contributed by atoms with van der Waals surface area (Å²) < 4.78 is 25.5. The molecule has 1 N–H and O–H groups in total. The molecular formula is C17H28F2O. The van der Waals surface area contributed by atoms with Gasteiger partial charge in [-0.05, 0) is 24.2 Å². The standard InChI is InChI=1S/C17H28F2O/c1-4-5-7-14(2)8-6-11-16(3)12-9-15(10-13-16)17(18,19)20/h9-10,12,14,20H,4-8,11,13H2,1-3H3. The second-order valence-corrected chi connectivity index (χ2v) is 6.53. The third-order valence-electron chi connectivity index (χ3n) is 4.30. The summed E-state index contributed by atoms with van der Waals surface area (Å²) in [6, 6.07) is 0. The predicted octanol–water partition coefficient (Wildman–Crippen LogP) is 5.46. The lowest BCUT2D eigenvalue weighted by Gasteiger charge is -2.29. The van der Waals surface area contributed by atoms with Crippen molar-refractivity contribution in [2.24, 2.45) is 11.3 Å². The summed E-state index contributed by atoms with van der Waals surface area (Å²) >= 11 is 0. The fraction of sp³-hybridized carbons (Fsp3) is 0.765. The molecule has 2 unspecified atom stereocenters. The molecule has 1 rings (SSSR count). The second kappa shape index (κ2) is 7.35. The minimum absolute atomic E-state index is 0.0424. The Labute approximate surface area is 121 Å². The first kappa shape index (κ1) is 17.4. The highest BCUT2D eigenvalue weighted by Gasteiger charge is 2.33. The number of alkyl halides is 2. The fourth-order valence-corrected chi connectivity index (χ4v) is 2.73. The molecular weight excluding hydrogens is 258 g/mol. The van der Waals surface area contributed by atoms with Gasteiger partial charge >= 0.3 is 6.11 Å². The van der Waals surface area contributed by atoms with E-state index in [0.29, 0.717) is 6.42 Å². The molecule has 0 fully saturated rings. The van der Waals surface area contributed by atoms with Gasteiger partial charge in [0, 0.05) is 5.57 Å². The van der Waals surface area contributed by atoms with E-state index in [2.05, 4.69) is 20.8 Å². The van der Waals surface area contributed by atoms with Crippen molar-refractivity contribution in [1.82, 2.24) is 0 Å². The van der Waals surface area contributed by atoms with Crippen molar-refractivity contribution in [3.8, 4) is 0 Å². The number of allylic oxidation sites excluding steroid dienone is 2. The molecule has 1 aliphatic rings. The van der Waals surface area contributed by atoms with Crippen LogP contribution in [0.1, 0.15) is 65.7 Å². The largest absolute Gasteiger partial charge is 0.380 e. The van der Waals surface area contributed by atoms with E-state index in [0.717, 1.165) is 18.8 Å². The van der Waals surface area contributed by atoms with Crippen LogP contribution in [-0.4, -0.2) is 11.2 Å². The smallest absolute Gasteiger partial charge is 0.332 e.